The van der Waals surface area contributed by atoms with Gasteiger partial charge >= 0.3 is 11.9 Å². The number of ether oxygens (including phenoxy) is 2. The largest absolute Gasteiger partial charge is 0.465 e. The van der Waals surface area contributed by atoms with Crippen LogP contribution in [0.3, 0.4) is 0 Å². The first-order chi connectivity index (χ1) is 9.51. The van der Waals surface area contributed by atoms with E-state index in [2.05, 4.69) is 0 Å². The summed E-state index contributed by atoms with van der Waals surface area (Å²) in [7, 11) is 0. The summed E-state index contributed by atoms with van der Waals surface area (Å²) in [6.07, 6.45) is 0.146. The van der Waals surface area contributed by atoms with Gasteiger partial charge in [-0.2, -0.15) is 0 Å². The summed E-state index contributed by atoms with van der Waals surface area (Å²) in [5.74, 6) is -4.26. The first kappa shape index (κ1) is 14.7. The molecule has 0 amide bonds. The molecule has 0 aromatic rings. The maximum atomic E-state index is 12.0. The summed E-state index contributed by atoms with van der Waals surface area (Å²) >= 11 is 0. The minimum atomic E-state index is -0.900. The molecule has 0 aromatic carbocycles. The van der Waals surface area contributed by atoms with Crippen LogP contribution in [0.2, 0.25) is 0 Å². The normalized spacial score (nSPS) is 32.1. The zero-order valence-corrected chi connectivity index (χ0v) is 11.6. The molecule has 0 radical (unpaired) electrons. The van der Waals surface area contributed by atoms with Crippen LogP contribution in [-0.2, 0) is 28.7 Å². The van der Waals surface area contributed by atoms with E-state index in [9.17, 15) is 19.2 Å². The zero-order chi connectivity index (χ0) is 14.9. The number of hydrogen-bond acceptors (Lipinski definition) is 6. The summed E-state index contributed by atoms with van der Waals surface area (Å²) in [5.41, 5.74) is 0. The lowest BCUT2D eigenvalue weighted by molar-refractivity contribution is -0.153. The third-order valence-electron chi connectivity index (χ3n) is 4.05. The molecule has 2 fully saturated rings. The second-order valence-corrected chi connectivity index (χ2v) is 5.13. The molecule has 4 atom stereocenters. The molecule has 0 aliphatic heterocycles. The molecule has 6 nitrogen and oxygen atoms in total. The van der Waals surface area contributed by atoms with E-state index in [-0.39, 0.29) is 37.6 Å². The van der Waals surface area contributed by atoms with Gasteiger partial charge < -0.3 is 9.47 Å². The summed E-state index contributed by atoms with van der Waals surface area (Å²) in [5, 5.41) is 0. The van der Waals surface area contributed by atoms with E-state index in [4.69, 9.17) is 9.47 Å². The maximum absolute atomic E-state index is 12.0. The Morgan fingerprint density at radius 1 is 0.900 bits per heavy atom. The minimum Gasteiger partial charge on any atom is -0.465 e. The van der Waals surface area contributed by atoms with Gasteiger partial charge in [0.25, 0.3) is 0 Å². The highest BCUT2D eigenvalue weighted by atomic mass is 16.5. The lowest BCUT2D eigenvalue weighted by Crippen LogP contribution is -2.27. The van der Waals surface area contributed by atoms with Crippen molar-refractivity contribution in [2.24, 2.45) is 23.7 Å². The van der Waals surface area contributed by atoms with Gasteiger partial charge in [0.05, 0.1) is 13.2 Å². The van der Waals surface area contributed by atoms with E-state index in [1.807, 2.05) is 0 Å². The first-order valence-corrected chi connectivity index (χ1v) is 6.89. The Labute approximate surface area is 116 Å². The fourth-order valence-electron chi connectivity index (χ4n) is 3.31. The molecule has 4 unspecified atom stereocenters. The Bertz CT molecular complexity index is 413. The SMILES string of the molecule is CCOC(=O)C1C(=O)CC2C(C(=O)OCC)C(=O)CC12. The maximum Gasteiger partial charge on any atom is 0.316 e. The highest BCUT2D eigenvalue weighted by molar-refractivity contribution is 6.07. The summed E-state index contributed by atoms with van der Waals surface area (Å²) < 4.78 is 9.79. The Balaban J connectivity index is 2.19. The molecular formula is C14H18O6. The summed E-state index contributed by atoms with van der Waals surface area (Å²) in [6, 6.07) is 0. The molecule has 0 bridgehead atoms. The van der Waals surface area contributed by atoms with Gasteiger partial charge in [0, 0.05) is 12.8 Å². The molecule has 2 saturated carbocycles. The van der Waals surface area contributed by atoms with Crippen LogP contribution in [0.4, 0.5) is 0 Å². The minimum absolute atomic E-state index is 0.0728. The number of carbonyl (C=O) groups excluding carboxylic acids is 4. The second-order valence-electron chi connectivity index (χ2n) is 5.13. The van der Waals surface area contributed by atoms with E-state index < -0.39 is 35.6 Å². The van der Waals surface area contributed by atoms with Crippen molar-refractivity contribution in [2.45, 2.75) is 26.7 Å². The highest BCUT2D eigenvalue weighted by Crippen LogP contribution is 2.48. The van der Waals surface area contributed by atoms with Crippen molar-refractivity contribution in [1.82, 2.24) is 0 Å². The fourth-order valence-corrected chi connectivity index (χ4v) is 3.31. The Morgan fingerprint density at radius 2 is 1.25 bits per heavy atom. The van der Waals surface area contributed by atoms with Crippen molar-refractivity contribution in [3.63, 3.8) is 0 Å². The van der Waals surface area contributed by atoms with Crippen LogP contribution in [0.5, 0.6) is 0 Å². The predicted octanol–water partition coefficient (Wildman–Crippen LogP) is 0.523. The average molecular weight is 282 g/mol. The highest BCUT2D eigenvalue weighted by Gasteiger charge is 2.58. The standard InChI is InChI=1S/C14H18O6/c1-3-19-13(17)11-7-5-10(16)12(14(18)20-4-2)8(7)6-9(11)15/h7-8,11-12H,3-6H2,1-2H3. The monoisotopic (exact) mass is 282 g/mol. The van der Waals surface area contributed by atoms with Crippen molar-refractivity contribution >= 4 is 23.5 Å². The number of rotatable bonds is 4. The Morgan fingerprint density at radius 3 is 1.55 bits per heavy atom. The molecule has 6 heteroatoms. The van der Waals surface area contributed by atoms with E-state index in [1.54, 1.807) is 13.8 Å². The third-order valence-corrected chi connectivity index (χ3v) is 4.05. The van der Waals surface area contributed by atoms with Gasteiger partial charge in [-0.15, -0.1) is 0 Å². The van der Waals surface area contributed by atoms with Crippen molar-refractivity contribution in [1.29, 1.82) is 0 Å². The van der Waals surface area contributed by atoms with Crippen molar-refractivity contribution in [3.05, 3.63) is 0 Å². The van der Waals surface area contributed by atoms with Crippen LogP contribution in [0, 0.1) is 23.7 Å². The quantitative estimate of drug-likeness (QED) is 0.552. The summed E-state index contributed by atoms with van der Waals surface area (Å²) in [4.78, 5) is 47.6. The van der Waals surface area contributed by atoms with Gasteiger partial charge in [0.2, 0.25) is 0 Å². The lowest BCUT2D eigenvalue weighted by Gasteiger charge is -2.16. The molecule has 20 heavy (non-hydrogen) atoms. The van der Waals surface area contributed by atoms with Crippen molar-refractivity contribution in [3.8, 4) is 0 Å². The van der Waals surface area contributed by atoms with E-state index >= 15 is 0 Å². The van der Waals surface area contributed by atoms with Crippen LogP contribution in [0.15, 0.2) is 0 Å². The van der Waals surface area contributed by atoms with Crippen LogP contribution in [0.1, 0.15) is 26.7 Å². The van der Waals surface area contributed by atoms with Gasteiger partial charge in [-0.3, -0.25) is 19.2 Å². The number of hydrogen-bond donors (Lipinski definition) is 0. The number of Topliss-reactive ketones (excluding diaryl/α,β-unsaturated/α-hetero) is 2. The molecule has 0 N–H and O–H groups in total. The van der Waals surface area contributed by atoms with Gasteiger partial charge in [-0.1, -0.05) is 0 Å². The van der Waals surface area contributed by atoms with Crippen LogP contribution in [0.25, 0.3) is 0 Å². The Hall–Kier alpha value is -1.72. The smallest absolute Gasteiger partial charge is 0.316 e. The molecule has 0 spiro atoms. The van der Waals surface area contributed by atoms with Gasteiger partial charge in [0.1, 0.15) is 23.4 Å². The first-order valence-electron chi connectivity index (χ1n) is 6.89. The fraction of sp³-hybridized carbons (Fsp3) is 0.714. The van der Waals surface area contributed by atoms with E-state index in [0.29, 0.717) is 0 Å². The molecule has 0 heterocycles. The molecule has 2 rings (SSSR count). The summed E-state index contributed by atoms with van der Waals surface area (Å²) in [6.45, 7) is 3.70. The number of esters is 2. The molecule has 110 valence electrons. The van der Waals surface area contributed by atoms with Crippen LogP contribution in [-0.4, -0.2) is 36.7 Å². The lowest BCUT2D eigenvalue weighted by atomic mass is 9.89. The topological polar surface area (TPSA) is 86.7 Å². The van der Waals surface area contributed by atoms with Gasteiger partial charge in [-0.05, 0) is 25.7 Å². The van der Waals surface area contributed by atoms with E-state index in [1.165, 1.54) is 0 Å². The molecular weight excluding hydrogens is 264 g/mol. The molecule has 0 aromatic heterocycles. The van der Waals surface area contributed by atoms with Crippen molar-refractivity contribution in [2.75, 3.05) is 13.2 Å². The number of ketones is 2. The molecule has 0 saturated heterocycles. The molecule has 2 aliphatic rings. The van der Waals surface area contributed by atoms with Gasteiger partial charge in [0.15, 0.2) is 0 Å². The third kappa shape index (κ3) is 2.34. The zero-order valence-electron chi connectivity index (χ0n) is 11.6. The van der Waals surface area contributed by atoms with Crippen LogP contribution < -0.4 is 0 Å². The number of carbonyl (C=O) groups is 4. The Kier molecular flexibility index (Phi) is 4.20. The number of fused-ring (bicyclic) bond motifs is 1. The van der Waals surface area contributed by atoms with Gasteiger partial charge in [-0.25, -0.2) is 0 Å². The predicted molar refractivity (Wildman–Crippen MR) is 66.5 cm³/mol. The second kappa shape index (κ2) is 5.73. The van der Waals surface area contributed by atoms with Crippen molar-refractivity contribution < 1.29 is 28.7 Å². The molecule has 2 aliphatic carbocycles. The van der Waals surface area contributed by atoms with E-state index in [0.717, 1.165) is 0 Å². The van der Waals surface area contributed by atoms with Crippen LogP contribution >= 0.6 is 0 Å². The average Bonchev–Trinajstić information content (AvgIpc) is 2.82.